The van der Waals surface area contributed by atoms with Crippen molar-refractivity contribution in [2.75, 3.05) is 0 Å². The molecule has 1 saturated heterocycles. The van der Waals surface area contributed by atoms with E-state index in [1.165, 1.54) is 11.1 Å². The largest absolute Gasteiger partial charge is 0.299 e. The standard InChI is InChI=1S/C19H27NO2/c1-6-19(5)13(2)17(21)12-18(4)11-15-9-7-8-10-16(15)14(3)22-20(18)19/h7-10,13-14H,6,11-12H2,1-5H3. The van der Waals surface area contributed by atoms with Crippen LogP contribution in [0.25, 0.3) is 0 Å². The number of Topliss-reactive ketones (excluding diaryl/α,β-unsaturated/α-hetero) is 1. The average Bonchev–Trinajstić information content (AvgIpc) is 2.60. The Labute approximate surface area is 133 Å². The Morgan fingerprint density at radius 3 is 2.59 bits per heavy atom. The molecule has 0 radical (unpaired) electrons. The topological polar surface area (TPSA) is 29.5 Å². The molecule has 2 heterocycles. The highest BCUT2D eigenvalue weighted by Crippen LogP contribution is 2.47. The van der Waals surface area contributed by atoms with Crippen LogP contribution in [-0.4, -0.2) is 21.9 Å². The number of hydrogen-bond donors (Lipinski definition) is 0. The van der Waals surface area contributed by atoms with Crippen molar-refractivity contribution < 1.29 is 9.63 Å². The molecule has 4 unspecified atom stereocenters. The van der Waals surface area contributed by atoms with E-state index in [1.807, 2.05) is 0 Å². The molecule has 0 amide bonds. The zero-order chi connectivity index (χ0) is 16.1. The number of hydrogen-bond acceptors (Lipinski definition) is 3. The van der Waals surface area contributed by atoms with Crippen LogP contribution in [0.15, 0.2) is 24.3 Å². The summed E-state index contributed by atoms with van der Waals surface area (Å²) in [6.07, 6.45) is 2.34. The molecule has 2 aliphatic rings. The third-order valence-electron chi connectivity index (χ3n) is 5.97. The Hall–Kier alpha value is -1.19. The van der Waals surface area contributed by atoms with Gasteiger partial charge in [0.1, 0.15) is 11.9 Å². The molecule has 0 spiro atoms. The lowest BCUT2D eigenvalue weighted by atomic mass is 9.69. The first-order chi connectivity index (χ1) is 10.3. The maximum absolute atomic E-state index is 12.7. The molecule has 0 aromatic heterocycles. The number of rotatable bonds is 1. The molecule has 3 rings (SSSR count). The normalized spacial score (nSPS) is 39.0. The molecular weight excluding hydrogens is 274 g/mol. The van der Waals surface area contributed by atoms with Gasteiger partial charge in [-0.15, -0.1) is 0 Å². The summed E-state index contributed by atoms with van der Waals surface area (Å²) in [6, 6.07) is 8.47. The summed E-state index contributed by atoms with van der Waals surface area (Å²) in [7, 11) is 0. The van der Waals surface area contributed by atoms with Crippen molar-refractivity contribution in [1.29, 1.82) is 0 Å². The fraction of sp³-hybridized carbons (Fsp3) is 0.632. The van der Waals surface area contributed by atoms with Crippen LogP contribution in [0.3, 0.4) is 0 Å². The van der Waals surface area contributed by atoms with Crippen LogP contribution in [-0.2, 0) is 16.1 Å². The molecule has 1 aromatic carbocycles. The zero-order valence-corrected chi connectivity index (χ0v) is 14.3. The average molecular weight is 301 g/mol. The smallest absolute Gasteiger partial charge is 0.139 e. The summed E-state index contributed by atoms with van der Waals surface area (Å²) < 4.78 is 0. The number of carbonyl (C=O) groups excluding carboxylic acids is 1. The van der Waals surface area contributed by atoms with Crippen LogP contribution in [0.5, 0.6) is 0 Å². The molecule has 4 atom stereocenters. The minimum atomic E-state index is -0.269. The Balaban J connectivity index is 2.11. The summed E-state index contributed by atoms with van der Waals surface area (Å²) >= 11 is 0. The number of nitrogens with zero attached hydrogens (tertiary/aromatic N) is 1. The molecule has 1 aromatic rings. The summed E-state index contributed by atoms with van der Waals surface area (Å²) in [5, 5.41) is 2.18. The van der Waals surface area contributed by atoms with E-state index in [1.54, 1.807) is 0 Å². The lowest BCUT2D eigenvalue weighted by molar-refractivity contribution is -0.311. The van der Waals surface area contributed by atoms with E-state index < -0.39 is 0 Å². The number of fused-ring (bicyclic) bond motifs is 2. The second-order valence-corrected chi connectivity index (χ2v) is 7.49. The molecule has 0 saturated carbocycles. The number of piperidine rings is 1. The summed E-state index contributed by atoms with van der Waals surface area (Å²) in [5.41, 5.74) is 2.03. The van der Waals surface area contributed by atoms with Crippen molar-refractivity contribution in [3.05, 3.63) is 35.4 Å². The number of hydroxylamine groups is 2. The number of carbonyl (C=O) groups is 1. The van der Waals surface area contributed by atoms with Gasteiger partial charge in [-0.3, -0.25) is 9.63 Å². The Morgan fingerprint density at radius 1 is 1.23 bits per heavy atom. The van der Waals surface area contributed by atoms with Crippen LogP contribution in [0.1, 0.15) is 64.7 Å². The Morgan fingerprint density at radius 2 is 1.91 bits per heavy atom. The van der Waals surface area contributed by atoms with Gasteiger partial charge in [0.15, 0.2) is 0 Å². The summed E-state index contributed by atoms with van der Waals surface area (Å²) in [6.45, 7) is 10.7. The third kappa shape index (κ3) is 2.14. The highest BCUT2D eigenvalue weighted by molar-refractivity contribution is 5.84. The lowest BCUT2D eigenvalue weighted by Crippen LogP contribution is -2.66. The molecule has 3 nitrogen and oxygen atoms in total. The number of ketones is 1. The zero-order valence-electron chi connectivity index (χ0n) is 14.3. The van der Waals surface area contributed by atoms with Gasteiger partial charge in [0.25, 0.3) is 0 Å². The fourth-order valence-corrected chi connectivity index (χ4v) is 4.29. The van der Waals surface area contributed by atoms with E-state index in [2.05, 4.69) is 63.9 Å². The van der Waals surface area contributed by atoms with E-state index in [0.717, 1.165) is 12.8 Å². The van der Waals surface area contributed by atoms with Gasteiger partial charge in [-0.05, 0) is 44.7 Å². The van der Waals surface area contributed by atoms with Gasteiger partial charge in [-0.2, -0.15) is 5.06 Å². The van der Waals surface area contributed by atoms with E-state index >= 15 is 0 Å². The molecule has 120 valence electrons. The van der Waals surface area contributed by atoms with Crippen LogP contribution in [0.4, 0.5) is 0 Å². The van der Waals surface area contributed by atoms with Gasteiger partial charge in [0.05, 0.1) is 11.1 Å². The second kappa shape index (κ2) is 5.17. The molecular formula is C19H27NO2. The van der Waals surface area contributed by atoms with Crippen LogP contribution < -0.4 is 0 Å². The lowest BCUT2D eigenvalue weighted by Gasteiger charge is -2.55. The van der Waals surface area contributed by atoms with Crippen LogP contribution in [0, 0.1) is 5.92 Å². The van der Waals surface area contributed by atoms with E-state index in [-0.39, 0.29) is 23.1 Å². The SMILES string of the molecule is CCC1(C)C(C)C(=O)CC2(C)Cc3ccccc3C(C)ON21. The minimum absolute atomic E-state index is 0.000938. The molecule has 0 aliphatic carbocycles. The van der Waals surface area contributed by atoms with E-state index in [4.69, 9.17) is 4.84 Å². The highest BCUT2D eigenvalue weighted by atomic mass is 16.7. The van der Waals surface area contributed by atoms with Gasteiger partial charge < -0.3 is 0 Å². The fourth-order valence-electron chi connectivity index (χ4n) is 4.29. The van der Waals surface area contributed by atoms with Gasteiger partial charge in [0, 0.05) is 12.3 Å². The van der Waals surface area contributed by atoms with Crippen molar-refractivity contribution in [2.24, 2.45) is 5.92 Å². The van der Waals surface area contributed by atoms with Gasteiger partial charge in [0.2, 0.25) is 0 Å². The Bertz CT molecular complexity index is 599. The monoisotopic (exact) mass is 301 g/mol. The third-order valence-corrected chi connectivity index (χ3v) is 5.97. The van der Waals surface area contributed by atoms with Crippen molar-refractivity contribution >= 4 is 5.78 Å². The first-order valence-electron chi connectivity index (χ1n) is 8.39. The van der Waals surface area contributed by atoms with Gasteiger partial charge in [-0.1, -0.05) is 38.1 Å². The molecule has 3 heteroatoms. The van der Waals surface area contributed by atoms with Crippen molar-refractivity contribution in [1.82, 2.24) is 5.06 Å². The number of benzene rings is 1. The van der Waals surface area contributed by atoms with Crippen molar-refractivity contribution in [3.63, 3.8) is 0 Å². The molecule has 2 aliphatic heterocycles. The summed E-state index contributed by atoms with van der Waals surface area (Å²) in [5.74, 6) is 0.359. The molecule has 22 heavy (non-hydrogen) atoms. The quantitative estimate of drug-likeness (QED) is 0.783. The summed E-state index contributed by atoms with van der Waals surface area (Å²) in [4.78, 5) is 19.1. The predicted molar refractivity (Wildman–Crippen MR) is 87.4 cm³/mol. The maximum atomic E-state index is 12.7. The molecule has 0 N–H and O–H groups in total. The first kappa shape index (κ1) is 15.7. The first-order valence-corrected chi connectivity index (χ1v) is 8.39. The minimum Gasteiger partial charge on any atom is -0.299 e. The van der Waals surface area contributed by atoms with Crippen LogP contribution >= 0.6 is 0 Å². The van der Waals surface area contributed by atoms with Crippen LogP contribution in [0.2, 0.25) is 0 Å². The second-order valence-electron chi connectivity index (χ2n) is 7.49. The van der Waals surface area contributed by atoms with Gasteiger partial charge in [-0.25, -0.2) is 0 Å². The molecule has 1 fully saturated rings. The maximum Gasteiger partial charge on any atom is 0.139 e. The van der Waals surface area contributed by atoms with E-state index in [9.17, 15) is 4.79 Å². The van der Waals surface area contributed by atoms with Gasteiger partial charge >= 0.3 is 0 Å². The van der Waals surface area contributed by atoms with E-state index in [0.29, 0.717) is 12.2 Å². The van der Waals surface area contributed by atoms with Crippen molar-refractivity contribution in [2.45, 2.75) is 71.1 Å². The van der Waals surface area contributed by atoms with Crippen molar-refractivity contribution in [3.8, 4) is 0 Å². The highest BCUT2D eigenvalue weighted by Gasteiger charge is 2.55. The molecule has 0 bridgehead atoms. The predicted octanol–water partition coefficient (Wildman–Crippen LogP) is 4.07. The Kier molecular flexibility index (Phi) is 3.69.